The molecule has 2 aromatic carbocycles. The van der Waals surface area contributed by atoms with E-state index in [0.717, 1.165) is 52.1 Å². The van der Waals surface area contributed by atoms with Gasteiger partial charge in [-0.05, 0) is 41.7 Å². The van der Waals surface area contributed by atoms with Crippen LogP contribution in [-0.4, -0.2) is 32.7 Å². The smallest absolute Gasteiger partial charge is 0.338 e. The van der Waals surface area contributed by atoms with E-state index >= 15 is 0 Å². The number of pyridine rings is 1. The van der Waals surface area contributed by atoms with Crippen LogP contribution < -0.4 is 0 Å². The molecule has 1 aliphatic rings. The van der Waals surface area contributed by atoms with Crippen LogP contribution in [0.4, 0.5) is 0 Å². The van der Waals surface area contributed by atoms with Crippen molar-refractivity contribution in [2.45, 2.75) is 31.9 Å². The number of esters is 1. The number of ether oxygens (including phenoxy) is 1. The Kier molecular flexibility index (Phi) is 5.00. The molecule has 0 amide bonds. The highest BCUT2D eigenvalue weighted by Gasteiger charge is 2.30. The van der Waals surface area contributed by atoms with Crippen molar-refractivity contribution in [1.29, 1.82) is 0 Å². The maximum atomic E-state index is 12.1. The highest BCUT2D eigenvalue weighted by molar-refractivity contribution is 5.97. The fourth-order valence-corrected chi connectivity index (χ4v) is 4.02. The molecule has 156 valence electrons. The largest absolute Gasteiger partial charge is 0.465 e. The summed E-state index contributed by atoms with van der Waals surface area (Å²) in [5, 5.41) is 9.69. The second-order valence-corrected chi connectivity index (χ2v) is 7.86. The van der Waals surface area contributed by atoms with Crippen LogP contribution in [0.3, 0.4) is 0 Å². The third-order valence-corrected chi connectivity index (χ3v) is 5.80. The molecule has 1 saturated carbocycles. The molecule has 0 saturated heterocycles. The number of aliphatic hydroxyl groups excluding tert-OH is 1. The van der Waals surface area contributed by atoms with Crippen LogP contribution in [0, 0.1) is 0 Å². The lowest BCUT2D eigenvalue weighted by atomic mass is 9.98. The molecule has 2 heterocycles. The quantitative estimate of drug-likeness (QED) is 0.477. The summed E-state index contributed by atoms with van der Waals surface area (Å²) in [6.07, 6.45) is 4.01. The Bertz CT molecular complexity index is 1260. The first-order valence-corrected chi connectivity index (χ1v) is 10.4. The van der Waals surface area contributed by atoms with Crippen molar-refractivity contribution in [2.24, 2.45) is 0 Å². The van der Waals surface area contributed by atoms with Gasteiger partial charge in [-0.25, -0.2) is 14.8 Å². The van der Waals surface area contributed by atoms with Gasteiger partial charge < -0.3 is 14.4 Å². The van der Waals surface area contributed by atoms with E-state index in [1.165, 1.54) is 7.11 Å². The predicted octanol–water partition coefficient (Wildman–Crippen LogP) is 4.30. The number of nitrogens with zero attached hydrogens (tertiary/aromatic N) is 3. The number of carbonyl (C=O) groups excluding carboxylic acids is 1. The molecule has 0 unspecified atom stereocenters. The van der Waals surface area contributed by atoms with Crippen molar-refractivity contribution in [3.63, 3.8) is 0 Å². The lowest BCUT2D eigenvalue weighted by Crippen LogP contribution is -2.05. The van der Waals surface area contributed by atoms with E-state index in [1.54, 1.807) is 12.3 Å². The van der Waals surface area contributed by atoms with Gasteiger partial charge in [-0.15, -0.1) is 0 Å². The Morgan fingerprint density at radius 2 is 1.90 bits per heavy atom. The second-order valence-electron chi connectivity index (χ2n) is 7.86. The van der Waals surface area contributed by atoms with Gasteiger partial charge >= 0.3 is 5.97 Å². The van der Waals surface area contributed by atoms with E-state index in [2.05, 4.69) is 21.7 Å². The maximum absolute atomic E-state index is 12.1. The monoisotopic (exact) mass is 413 g/mol. The Morgan fingerprint density at radius 1 is 1.13 bits per heavy atom. The van der Waals surface area contributed by atoms with E-state index in [4.69, 9.17) is 9.72 Å². The summed E-state index contributed by atoms with van der Waals surface area (Å²) in [6, 6.07) is 17.5. The van der Waals surface area contributed by atoms with Crippen molar-refractivity contribution >= 4 is 17.1 Å². The van der Waals surface area contributed by atoms with Crippen molar-refractivity contribution in [3.8, 4) is 11.1 Å². The van der Waals surface area contributed by atoms with Crippen molar-refractivity contribution in [1.82, 2.24) is 14.5 Å². The topological polar surface area (TPSA) is 77.2 Å². The Morgan fingerprint density at radius 3 is 2.61 bits per heavy atom. The molecule has 1 N–H and O–H groups in total. The number of methoxy groups -OCH3 is 1. The molecule has 6 nitrogen and oxygen atoms in total. The lowest BCUT2D eigenvalue weighted by Gasteiger charge is -2.11. The molecule has 2 aromatic heterocycles. The zero-order valence-electron chi connectivity index (χ0n) is 17.3. The van der Waals surface area contributed by atoms with Crippen molar-refractivity contribution in [2.75, 3.05) is 7.11 Å². The minimum atomic E-state index is -0.343. The SMILES string of the molecule is COC(=O)c1ccccc1-c1ccc(Cn2c(C3CC3)nc3c(CO)ccnc32)cc1. The molecule has 1 fully saturated rings. The van der Waals surface area contributed by atoms with Crippen LogP contribution in [0.15, 0.2) is 60.8 Å². The summed E-state index contributed by atoms with van der Waals surface area (Å²) in [4.78, 5) is 21.5. The van der Waals surface area contributed by atoms with E-state index in [1.807, 2.05) is 36.4 Å². The average Bonchev–Trinajstić information content (AvgIpc) is 3.61. The standard InChI is InChI=1S/C25H23N3O3/c1-31-25(30)21-5-3-2-4-20(21)17-8-6-16(7-9-17)14-28-23(18-10-11-18)27-22-19(15-29)12-13-26-24(22)28/h2-9,12-13,18,29H,10-11,14-15H2,1H3. The lowest BCUT2D eigenvalue weighted by molar-refractivity contribution is 0.0601. The Hall–Kier alpha value is -3.51. The van der Waals surface area contributed by atoms with Gasteiger partial charge in [0.15, 0.2) is 5.65 Å². The number of fused-ring (bicyclic) bond motifs is 1. The minimum absolute atomic E-state index is 0.0472. The third-order valence-electron chi connectivity index (χ3n) is 5.80. The van der Waals surface area contributed by atoms with E-state index in [9.17, 15) is 9.90 Å². The molecular weight excluding hydrogens is 390 g/mol. The second kappa shape index (κ2) is 7.96. The van der Waals surface area contributed by atoms with Crippen LogP contribution in [0.25, 0.3) is 22.3 Å². The molecule has 0 atom stereocenters. The third kappa shape index (κ3) is 3.59. The van der Waals surface area contributed by atoms with E-state index in [0.29, 0.717) is 18.0 Å². The van der Waals surface area contributed by atoms with Crippen LogP contribution in [-0.2, 0) is 17.9 Å². The molecular formula is C25H23N3O3. The van der Waals surface area contributed by atoms with Gasteiger partial charge in [0.2, 0.25) is 0 Å². The number of aliphatic hydroxyl groups is 1. The number of aromatic nitrogens is 3. The molecule has 0 bridgehead atoms. The molecule has 0 aliphatic heterocycles. The number of hydrogen-bond acceptors (Lipinski definition) is 5. The molecule has 0 spiro atoms. The van der Waals surface area contributed by atoms with E-state index < -0.39 is 0 Å². The number of benzene rings is 2. The molecule has 1 aliphatic carbocycles. The maximum Gasteiger partial charge on any atom is 0.338 e. The molecule has 5 rings (SSSR count). The van der Waals surface area contributed by atoms with Gasteiger partial charge in [0.1, 0.15) is 11.3 Å². The first kappa shape index (κ1) is 19.5. The van der Waals surface area contributed by atoms with Gasteiger partial charge in [-0.3, -0.25) is 0 Å². The van der Waals surface area contributed by atoms with E-state index in [-0.39, 0.29) is 12.6 Å². The predicted molar refractivity (Wildman–Crippen MR) is 118 cm³/mol. The van der Waals surface area contributed by atoms with Crippen LogP contribution in [0.2, 0.25) is 0 Å². The summed E-state index contributed by atoms with van der Waals surface area (Å²) in [5.74, 6) is 1.17. The summed E-state index contributed by atoms with van der Waals surface area (Å²) in [6.45, 7) is 0.609. The van der Waals surface area contributed by atoms with Gasteiger partial charge in [0.05, 0.1) is 25.8 Å². The summed E-state index contributed by atoms with van der Waals surface area (Å²) < 4.78 is 7.09. The zero-order valence-corrected chi connectivity index (χ0v) is 17.3. The van der Waals surface area contributed by atoms with Crippen LogP contribution in [0.5, 0.6) is 0 Å². The number of carbonyl (C=O) groups is 1. The Balaban J connectivity index is 1.50. The van der Waals surface area contributed by atoms with Gasteiger partial charge in [-0.1, -0.05) is 42.5 Å². The highest BCUT2D eigenvalue weighted by Crippen LogP contribution is 2.41. The van der Waals surface area contributed by atoms with Crippen molar-refractivity contribution < 1.29 is 14.6 Å². The van der Waals surface area contributed by atoms with Gasteiger partial charge in [0, 0.05) is 17.7 Å². The van der Waals surface area contributed by atoms with Crippen molar-refractivity contribution in [3.05, 3.63) is 83.3 Å². The first-order chi connectivity index (χ1) is 15.2. The summed E-state index contributed by atoms with van der Waals surface area (Å²) in [7, 11) is 1.39. The number of imidazole rings is 1. The number of hydrogen-bond donors (Lipinski definition) is 1. The Labute approximate surface area is 180 Å². The molecule has 6 heteroatoms. The first-order valence-electron chi connectivity index (χ1n) is 10.4. The highest BCUT2D eigenvalue weighted by atomic mass is 16.5. The molecule has 4 aromatic rings. The van der Waals surface area contributed by atoms with Crippen LogP contribution >= 0.6 is 0 Å². The summed E-state index contributed by atoms with van der Waals surface area (Å²) >= 11 is 0. The van der Waals surface area contributed by atoms with Crippen LogP contribution in [0.1, 0.15) is 46.1 Å². The van der Waals surface area contributed by atoms with Gasteiger partial charge in [-0.2, -0.15) is 0 Å². The normalized spacial score (nSPS) is 13.5. The van der Waals surface area contributed by atoms with Gasteiger partial charge in [0.25, 0.3) is 0 Å². The fourth-order valence-electron chi connectivity index (χ4n) is 4.02. The minimum Gasteiger partial charge on any atom is -0.465 e. The summed E-state index contributed by atoms with van der Waals surface area (Å²) in [5.41, 5.74) is 5.89. The molecule has 31 heavy (non-hydrogen) atoms. The average molecular weight is 413 g/mol. The molecule has 0 radical (unpaired) electrons. The fraction of sp³-hybridized carbons (Fsp3) is 0.240. The zero-order chi connectivity index (χ0) is 21.4. The number of rotatable bonds is 6.